The minimum atomic E-state index is -1.16. The van der Waals surface area contributed by atoms with Crippen molar-refractivity contribution in [1.29, 1.82) is 0 Å². The molecule has 0 aromatic carbocycles. The molecule has 1 saturated heterocycles. The maximum Gasteiger partial charge on any atom is 0.109 e. The van der Waals surface area contributed by atoms with Crippen LogP contribution in [0.3, 0.4) is 0 Å². The van der Waals surface area contributed by atoms with Crippen molar-refractivity contribution >= 4 is 0 Å². The lowest BCUT2D eigenvalue weighted by Crippen LogP contribution is -2.63. The molecule has 5 heteroatoms. The second-order valence-corrected chi connectivity index (χ2v) is 7.28. The van der Waals surface area contributed by atoms with Crippen LogP contribution in [0.25, 0.3) is 0 Å². The van der Waals surface area contributed by atoms with E-state index in [1.54, 1.807) is 0 Å². The Labute approximate surface area is 127 Å². The van der Waals surface area contributed by atoms with Crippen LogP contribution in [0.4, 0.5) is 0 Å². The van der Waals surface area contributed by atoms with E-state index in [0.717, 1.165) is 18.4 Å². The van der Waals surface area contributed by atoms with E-state index in [1.165, 1.54) is 25.7 Å². The summed E-state index contributed by atoms with van der Waals surface area (Å²) in [5.41, 5.74) is 0. The Morgan fingerprint density at radius 2 is 1.62 bits per heavy atom. The Morgan fingerprint density at radius 3 is 2.14 bits per heavy atom. The maximum absolute atomic E-state index is 10.0. The van der Waals surface area contributed by atoms with Gasteiger partial charge >= 0.3 is 0 Å². The first-order chi connectivity index (χ1) is 9.93. The van der Waals surface area contributed by atoms with Gasteiger partial charge in [0.25, 0.3) is 0 Å². The van der Waals surface area contributed by atoms with Crippen molar-refractivity contribution in [2.24, 2.45) is 17.8 Å². The minimum absolute atomic E-state index is 0.188. The number of piperidine rings is 1. The van der Waals surface area contributed by atoms with Crippen LogP contribution < -0.4 is 0 Å². The van der Waals surface area contributed by atoms with Crippen molar-refractivity contribution in [3.8, 4) is 0 Å². The van der Waals surface area contributed by atoms with Gasteiger partial charge in [-0.2, -0.15) is 0 Å². The zero-order valence-electron chi connectivity index (χ0n) is 13.2. The lowest BCUT2D eigenvalue weighted by molar-refractivity contribution is -0.148. The quantitative estimate of drug-likeness (QED) is 0.596. The van der Waals surface area contributed by atoms with Gasteiger partial charge in [0.15, 0.2) is 0 Å². The summed E-state index contributed by atoms with van der Waals surface area (Å²) in [5, 5.41) is 39.1. The molecule has 1 heterocycles. The summed E-state index contributed by atoms with van der Waals surface area (Å²) in [5.74, 6) is 2.11. The predicted molar refractivity (Wildman–Crippen MR) is 80.8 cm³/mol. The highest BCUT2D eigenvalue weighted by Gasteiger charge is 2.41. The van der Waals surface area contributed by atoms with Gasteiger partial charge in [-0.05, 0) is 43.4 Å². The number of likely N-dealkylation sites (tertiary alicyclic amines) is 1. The van der Waals surface area contributed by atoms with Gasteiger partial charge in [-0.1, -0.05) is 13.8 Å². The summed E-state index contributed by atoms with van der Waals surface area (Å²) in [6.45, 7) is 5.49. The second kappa shape index (κ2) is 7.38. The van der Waals surface area contributed by atoms with Gasteiger partial charge in [-0.3, -0.25) is 4.90 Å². The lowest BCUT2D eigenvalue weighted by Gasteiger charge is -2.45. The van der Waals surface area contributed by atoms with Gasteiger partial charge in [0.2, 0.25) is 0 Å². The van der Waals surface area contributed by atoms with E-state index >= 15 is 0 Å². The highest BCUT2D eigenvalue weighted by Crippen LogP contribution is 2.34. The van der Waals surface area contributed by atoms with E-state index < -0.39 is 24.4 Å². The number of aliphatic hydroxyl groups is 4. The van der Waals surface area contributed by atoms with Crippen LogP contribution in [-0.2, 0) is 0 Å². The topological polar surface area (TPSA) is 84.2 Å². The van der Waals surface area contributed by atoms with Crippen LogP contribution in [0.5, 0.6) is 0 Å². The van der Waals surface area contributed by atoms with Gasteiger partial charge in [0.05, 0.1) is 18.8 Å². The fourth-order valence-electron chi connectivity index (χ4n) is 3.96. The number of rotatable bonds is 4. The molecule has 0 spiro atoms. The zero-order valence-corrected chi connectivity index (χ0v) is 13.2. The van der Waals surface area contributed by atoms with Gasteiger partial charge < -0.3 is 20.4 Å². The first-order valence-electron chi connectivity index (χ1n) is 8.33. The molecule has 124 valence electrons. The molecule has 0 bridgehead atoms. The summed E-state index contributed by atoms with van der Waals surface area (Å²) < 4.78 is 0. The van der Waals surface area contributed by atoms with Crippen LogP contribution in [0.2, 0.25) is 0 Å². The van der Waals surface area contributed by atoms with Crippen LogP contribution in [0.15, 0.2) is 0 Å². The Hall–Kier alpha value is -0.200. The van der Waals surface area contributed by atoms with E-state index in [2.05, 4.69) is 13.8 Å². The molecule has 2 fully saturated rings. The molecule has 4 atom stereocenters. The number of β-amino-alcohol motifs (C(OH)–C–C–N with tert-alkyl or cyclic N) is 1. The number of aliphatic hydroxyl groups excluding tert-OH is 4. The Morgan fingerprint density at radius 1 is 1.00 bits per heavy atom. The molecule has 21 heavy (non-hydrogen) atoms. The largest absolute Gasteiger partial charge is 0.395 e. The van der Waals surface area contributed by atoms with Crippen molar-refractivity contribution < 1.29 is 20.4 Å². The van der Waals surface area contributed by atoms with Crippen LogP contribution in [0.1, 0.15) is 39.5 Å². The average molecular weight is 301 g/mol. The van der Waals surface area contributed by atoms with E-state index in [0.29, 0.717) is 12.5 Å². The molecule has 0 amide bonds. The first-order valence-corrected chi connectivity index (χ1v) is 8.33. The molecule has 5 nitrogen and oxygen atoms in total. The summed E-state index contributed by atoms with van der Waals surface area (Å²) in [6.07, 6.45) is 1.66. The summed E-state index contributed by atoms with van der Waals surface area (Å²) in [4.78, 5) is 1.96. The van der Waals surface area contributed by atoms with Crippen molar-refractivity contribution in [3.05, 3.63) is 0 Å². The number of nitrogens with zero attached hydrogens (tertiary/aromatic N) is 1. The Kier molecular flexibility index (Phi) is 6.03. The maximum atomic E-state index is 10.0. The highest BCUT2D eigenvalue weighted by molar-refractivity contribution is 4.95. The third-order valence-electron chi connectivity index (χ3n) is 5.54. The molecule has 0 radical (unpaired) electrons. The van der Waals surface area contributed by atoms with Crippen LogP contribution >= 0.6 is 0 Å². The fourth-order valence-corrected chi connectivity index (χ4v) is 3.96. The summed E-state index contributed by atoms with van der Waals surface area (Å²) >= 11 is 0. The standard InChI is InChI=1S/C16H31NO4/c1-10(2)12-5-3-11(4-6-12)7-17-8-14(19)16(21)15(20)13(17)9-18/h10-16,18-21H,3-9H2,1-2H3/t11-,12-,13-,14-,15+,16+/m0/s1. The summed E-state index contributed by atoms with van der Waals surface area (Å²) in [6, 6.07) is -0.466. The summed E-state index contributed by atoms with van der Waals surface area (Å²) in [7, 11) is 0. The average Bonchev–Trinajstić information content (AvgIpc) is 2.46. The first kappa shape index (κ1) is 17.2. The molecular weight excluding hydrogens is 270 g/mol. The Balaban J connectivity index is 1.89. The van der Waals surface area contributed by atoms with Crippen molar-refractivity contribution in [2.75, 3.05) is 19.7 Å². The Bertz CT molecular complexity index is 317. The molecule has 1 aliphatic carbocycles. The molecule has 2 aliphatic rings. The third-order valence-corrected chi connectivity index (χ3v) is 5.54. The van der Waals surface area contributed by atoms with E-state index in [4.69, 9.17) is 0 Å². The number of hydrogen-bond acceptors (Lipinski definition) is 5. The van der Waals surface area contributed by atoms with Gasteiger partial charge in [0.1, 0.15) is 12.2 Å². The smallest absolute Gasteiger partial charge is 0.109 e. The van der Waals surface area contributed by atoms with Gasteiger partial charge in [-0.15, -0.1) is 0 Å². The highest BCUT2D eigenvalue weighted by atomic mass is 16.4. The molecule has 1 aliphatic heterocycles. The fraction of sp³-hybridized carbons (Fsp3) is 1.00. The van der Waals surface area contributed by atoms with Crippen LogP contribution in [-0.4, -0.2) is 69.4 Å². The molecule has 0 aromatic heterocycles. The normalized spacial score (nSPS) is 42.4. The minimum Gasteiger partial charge on any atom is -0.395 e. The van der Waals surface area contributed by atoms with E-state index in [9.17, 15) is 20.4 Å². The molecule has 1 saturated carbocycles. The van der Waals surface area contributed by atoms with E-state index in [1.807, 2.05) is 4.90 Å². The third kappa shape index (κ3) is 3.96. The SMILES string of the molecule is CC(C)[C@H]1CC[C@H](CN2C[C@H](O)[C@@H](O)[C@H](O)[C@@H]2CO)CC1. The van der Waals surface area contributed by atoms with Gasteiger partial charge in [-0.25, -0.2) is 0 Å². The van der Waals surface area contributed by atoms with Crippen molar-refractivity contribution in [1.82, 2.24) is 4.90 Å². The van der Waals surface area contributed by atoms with Gasteiger partial charge in [0, 0.05) is 13.1 Å². The van der Waals surface area contributed by atoms with Crippen LogP contribution in [0, 0.1) is 17.8 Å². The van der Waals surface area contributed by atoms with Crippen molar-refractivity contribution in [3.63, 3.8) is 0 Å². The predicted octanol–water partition coefficient (Wildman–Crippen LogP) is 0.208. The molecule has 4 N–H and O–H groups in total. The number of hydrogen-bond donors (Lipinski definition) is 4. The van der Waals surface area contributed by atoms with Crippen molar-refractivity contribution in [2.45, 2.75) is 63.9 Å². The molecule has 2 rings (SSSR count). The second-order valence-electron chi connectivity index (χ2n) is 7.28. The molecule has 0 unspecified atom stereocenters. The molecular formula is C16H31NO4. The monoisotopic (exact) mass is 301 g/mol. The lowest BCUT2D eigenvalue weighted by atomic mass is 9.76. The molecule has 0 aromatic rings. The zero-order chi connectivity index (χ0) is 15.6. The van der Waals surface area contributed by atoms with E-state index in [-0.39, 0.29) is 6.61 Å².